The lowest BCUT2D eigenvalue weighted by atomic mass is 9.96. The van der Waals surface area contributed by atoms with Gasteiger partial charge in [-0.25, -0.2) is 0 Å². The van der Waals surface area contributed by atoms with Crippen molar-refractivity contribution in [3.63, 3.8) is 0 Å². The van der Waals surface area contributed by atoms with Gasteiger partial charge in [0, 0.05) is 19.7 Å². The van der Waals surface area contributed by atoms with Crippen molar-refractivity contribution in [2.24, 2.45) is 11.8 Å². The lowest BCUT2D eigenvalue weighted by Gasteiger charge is -2.20. The zero-order valence-electron chi connectivity index (χ0n) is 12.4. The molecule has 0 aromatic heterocycles. The average Bonchev–Trinajstić information content (AvgIpc) is 2.26. The van der Waals surface area contributed by atoms with E-state index in [4.69, 9.17) is 0 Å². The van der Waals surface area contributed by atoms with E-state index in [1.807, 2.05) is 0 Å². The number of aryl methyl sites for hydroxylation is 3. The van der Waals surface area contributed by atoms with Crippen LogP contribution >= 0.6 is 0 Å². The fourth-order valence-corrected chi connectivity index (χ4v) is 2.38. The van der Waals surface area contributed by atoms with E-state index in [1.54, 1.807) is 0 Å². The van der Waals surface area contributed by atoms with Crippen molar-refractivity contribution in [3.8, 4) is 0 Å². The highest BCUT2D eigenvalue weighted by molar-refractivity contribution is 5.37. The molecule has 0 bridgehead atoms. The average molecular weight is 249 g/mol. The second-order valence-corrected chi connectivity index (χ2v) is 5.69. The Morgan fingerprint density at radius 2 is 1.67 bits per heavy atom. The monoisotopic (exact) mass is 249 g/mol. The predicted octanol–water partition coefficient (Wildman–Crippen LogP) is 2.97. The van der Waals surface area contributed by atoms with Crippen LogP contribution in [0.5, 0.6) is 0 Å². The van der Waals surface area contributed by atoms with Crippen LogP contribution in [-0.4, -0.2) is 18.3 Å². The summed E-state index contributed by atoms with van der Waals surface area (Å²) in [4.78, 5) is 0. The number of benzene rings is 1. The van der Waals surface area contributed by atoms with Crippen molar-refractivity contribution in [1.82, 2.24) is 5.32 Å². The molecule has 0 aliphatic carbocycles. The van der Waals surface area contributed by atoms with E-state index in [1.165, 1.54) is 22.3 Å². The summed E-state index contributed by atoms with van der Waals surface area (Å²) >= 11 is 0. The van der Waals surface area contributed by atoms with E-state index in [9.17, 15) is 5.11 Å². The van der Waals surface area contributed by atoms with Crippen LogP contribution in [0.1, 0.15) is 36.1 Å². The molecule has 18 heavy (non-hydrogen) atoms. The van der Waals surface area contributed by atoms with Gasteiger partial charge in [0.25, 0.3) is 0 Å². The smallest absolute Gasteiger partial charge is 0.0473 e. The Labute approximate surface area is 111 Å². The van der Waals surface area contributed by atoms with Crippen LogP contribution in [0.25, 0.3) is 0 Å². The van der Waals surface area contributed by atoms with Crippen molar-refractivity contribution in [3.05, 3.63) is 34.4 Å². The fourth-order valence-electron chi connectivity index (χ4n) is 2.38. The van der Waals surface area contributed by atoms with Crippen LogP contribution < -0.4 is 5.32 Å². The minimum atomic E-state index is 0.260. The molecule has 2 N–H and O–H groups in total. The van der Waals surface area contributed by atoms with Gasteiger partial charge in [0.15, 0.2) is 0 Å². The Kier molecular flexibility index (Phi) is 5.83. The van der Waals surface area contributed by atoms with E-state index in [0.29, 0.717) is 11.8 Å². The molecule has 1 aromatic rings. The van der Waals surface area contributed by atoms with Gasteiger partial charge in [-0.15, -0.1) is 0 Å². The van der Waals surface area contributed by atoms with E-state index in [0.717, 1.165) is 13.1 Å². The van der Waals surface area contributed by atoms with E-state index < -0.39 is 0 Å². The highest BCUT2D eigenvalue weighted by atomic mass is 16.3. The minimum absolute atomic E-state index is 0.260. The highest BCUT2D eigenvalue weighted by Gasteiger charge is 2.12. The van der Waals surface area contributed by atoms with Gasteiger partial charge in [-0.1, -0.05) is 31.5 Å². The Morgan fingerprint density at radius 3 is 2.11 bits per heavy atom. The van der Waals surface area contributed by atoms with Crippen molar-refractivity contribution in [2.45, 2.75) is 41.2 Å². The van der Waals surface area contributed by atoms with Gasteiger partial charge in [0.2, 0.25) is 0 Å². The molecule has 0 radical (unpaired) electrons. The van der Waals surface area contributed by atoms with Crippen LogP contribution in [0.4, 0.5) is 0 Å². The predicted molar refractivity (Wildman–Crippen MR) is 77.8 cm³/mol. The van der Waals surface area contributed by atoms with E-state index in [2.05, 4.69) is 52.1 Å². The van der Waals surface area contributed by atoms with Crippen LogP contribution in [0.3, 0.4) is 0 Å². The standard InChI is InChI=1S/C16H27NO/c1-11(2)15(10-18)8-17-9-16-13(4)6-12(3)7-14(16)5/h6-7,11,15,17-18H,8-10H2,1-5H3. The molecule has 0 amide bonds. The molecule has 0 aliphatic heterocycles. The largest absolute Gasteiger partial charge is 0.396 e. The van der Waals surface area contributed by atoms with E-state index in [-0.39, 0.29) is 6.61 Å². The lowest BCUT2D eigenvalue weighted by molar-refractivity contribution is 0.186. The molecule has 1 aromatic carbocycles. The number of nitrogens with one attached hydrogen (secondary N) is 1. The number of rotatable bonds is 6. The first-order valence-corrected chi connectivity index (χ1v) is 6.84. The van der Waals surface area contributed by atoms with Gasteiger partial charge < -0.3 is 10.4 Å². The lowest BCUT2D eigenvalue weighted by Crippen LogP contribution is -2.28. The fraction of sp³-hybridized carbons (Fsp3) is 0.625. The molecule has 0 saturated heterocycles. The first kappa shape index (κ1) is 15.2. The topological polar surface area (TPSA) is 32.3 Å². The highest BCUT2D eigenvalue weighted by Crippen LogP contribution is 2.16. The maximum atomic E-state index is 9.30. The first-order valence-electron chi connectivity index (χ1n) is 6.84. The molecule has 0 saturated carbocycles. The number of aliphatic hydroxyl groups excluding tert-OH is 1. The zero-order valence-corrected chi connectivity index (χ0v) is 12.4. The maximum absolute atomic E-state index is 9.30. The summed E-state index contributed by atoms with van der Waals surface area (Å²) in [6.45, 7) is 12.8. The number of hydrogen-bond donors (Lipinski definition) is 2. The summed E-state index contributed by atoms with van der Waals surface area (Å²) in [6.07, 6.45) is 0. The summed E-state index contributed by atoms with van der Waals surface area (Å²) in [5, 5.41) is 12.8. The normalized spacial score (nSPS) is 13.1. The van der Waals surface area contributed by atoms with Gasteiger partial charge in [-0.3, -0.25) is 0 Å². The van der Waals surface area contributed by atoms with Crippen molar-refractivity contribution in [1.29, 1.82) is 0 Å². The van der Waals surface area contributed by atoms with Crippen molar-refractivity contribution < 1.29 is 5.11 Å². The van der Waals surface area contributed by atoms with Crippen LogP contribution in [0.15, 0.2) is 12.1 Å². The Bertz CT molecular complexity index is 362. The third-order valence-corrected chi connectivity index (χ3v) is 3.73. The molecular formula is C16H27NO. The first-order chi connectivity index (χ1) is 8.45. The summed E-state index contributed by atoms with van der Waals surface area (Å²) in [6, 6.07) is 4.46. The summed E-state index contributed by atoms with van der Waals surface area (Å²) in [5.74, 6) is 0.860. The number of hydrogen-bond acceptors (Lipinski definition) is 2. The summed E-state index contributed by atoms with van der Waals surface area (Å²) in [7, 11) is 0. The quantitative estimate of drug-likeness (QED) is 0.812. The summed E-state index contributed by atoms with van der Waals surface area (Å²) in [5.41, 5.74) is 5.42. The van der Waals surface area contributed by atoms with Crippen LogP contribution in [-0.2, 0) is 6.54 Å². The van der Waals surface area contributed by atoms with Gasteiger partial charge >= 0.3 is 0 Å². The molecule has 0 fully saturated rings. The maximum Gasteiger partial charge on any atom is 0.0473 e. The minimum Gasteiger partial charge on any atom is -0.396 e. The molecule has 1 rings (SSSR count). The molecule has 0 aliphatic rings. The van der Waals surface area contributed by atoms with E-state index >= 15 is 0 Å². The molecular weight excluding hydrogens is 222 g/mol. The Balaban J connectivity index is 2.59. The summed E-state index contributed by atoms with van der Waals surface area (Å²) < 4.78 is 0. The van der Waals surface area contributed by atoms with Gasteiger partial charge in [0.05, 0.1) is 0 Å². The second-order valence-electron chi connectivity index (χ2n) is 5.69. The third-order valence-electron chi connectivity index (χ3n) is 3.73. The molecule has 1 atom stereocenters. The molecule has 2 heteroatoms. The second kappa shape index (κ2) is 6.91. The SMILES string of the molecule is Cc1cc(C)c(CNCC(CO)C(C)C)c(C)c1. The van der Waals surface area contributed by atoms with Gasteiger partial charge in [-0.2, -0.15) is 0 Å². The van der Waals surface area contributed by atoms with Gasteiger partial charge in [-0.05, 0) is 49.3 Å². The van der Waals surface area contributed by atoms with Crippen LogP contribution in [0.2, 0.25) is 0 Å². The zero-order chi connectivity index (χ0) is 13.7. The van der Waals surface area contributed by atoms with Crippen molar-refractivity contribution >= 4 is 0 Å². The molecule has 0 heterocycles. The molecule has 0 spiro atoms. The third kappa shape index (κ3) is 4.11. The van der Waals surface area contributed by atoms with Gasteiger partial charge in [0.1, 0.15) is 0 Å². The molecule has 2 nitrogen and oxygen atoms in total. The molecule has 1 unspecified atom stereocenters. The Morgan fingerprint density at radius 1 is 1.11 bits per heavy atom. The Hall–Kier alpha value is -0.860. The van der Waals surface area contributed by atoms with Crippen LogP contribution in [0, 0.1) is 32.6 Å². The number of aliphatic hydroxyl groups is 1. The van der Waals surface area contributed by atoms with Crippen molar-refractivity contribution in [2.75, 3.05) is 13.2 Å². The molecule has 102 valence electrons.